The number of hydrogen-bond donors (Lipinski definition) is 4. The van der Waals surface area contributed by atoms with Crippen molar-refractivity contribution < 1.29 is 19.2 Å². The molecule has 3 aromatic rings. The molecule has 0 fully saturated rings. The normalized spacial score (nSPS) is 12.5. The Morgan fingerprint density at radius 3 is 2.59 bits per heavy atom. The molecule has 0 bridgehead atoms. The summed E-state index contributed by atoms with van der Waals surface area (Å²) in [7, 11) is 1.24. The summed E-state index contributed by atoms with van der Waals surface area (Å²) in [4.78, 5) is 40.6. The van der Waals surface area contributed by atoms with Crippen molar-refractivity contribution in [3.63, 3.8) is 0 Å². The van der Waals surface area contributed by atoms with E-state index in [0.717, 1.165) is 16.5 Å². The van der Waals surface area contributed by atoms with Gasteiger partial charge in [-0.3, -0.25) is 23.9 Å². The van der Waals surface area contributed by atoms with Crippen molar-refractivity contribution in [2.75, 3.05) is 13.7 Å². The number of carbonyl (C=O) groups excluding carboxylic acids is 2. The fourth-order valence-electron chi connectivity index (χ4n) is 3.73. The predicted molar refractivity (Wildman–Crippen MR) is 142 cm³/mol. The first-order chi connectivity index (χ1) is 17.7. The van der Waals surface area contributed by atoms with Crippen LogP contribution in [0.3, 0.4) is 0 Å². The van der Waals surface area contributed by atoms with Gasteiger partial charge >= 0.3 is 5.97 Å². The van der Waals surface area contributed by atoms with Crippen molar-refractivity contribution in [3.8, 4) is 0 Å². The molecule has 0 aliphatic carbocycles. The van der Waals surface area contributed by atoms with Crippen LogP contribution in [0, 0.1) is 10.1 Å². The largest absolute Gasteiger partial charge is 0.467 e. The van der Waals surface area contributed by atoms with Gasteiger partial charge in [0.2, 0.25) is 5.91 Å². The van der Waals surface area contributed by atoms with Gasteiger partial charge in [-0.2, -0.15) is 0 Å². The monoisotopic (exact) mass is 527 g/mol. The number of benzene rings is 2. The number of methoxy groups -OCH3 is 1. The number of nitrogens with one attached hydrogen (secondary N) is 1. The lowest BCUT2D eigenvalue weighted by Gasteiger charge is -2.19. The number of ether oxygens (including phenoxy) is 1. The minimum absolute atomic E-state index is 0.0136. The quantitative estimate of drug-likeness (QED) is 0.0677. The van der Waals surface area contributed by atoms with Crippen LogP contribution in [0.15, 0.2) is 64.6 Å². The van der Waals surface area contributed by atoms with Gasteiger partial charge in [-0.25, -0.2) is 4.79 Å². The Hall–Kier alpha value is -4.10. The lowest BCUT2D eigenvalue weighted by atomic mass is 10.0. The molecule has 196 valence electrons. The van der Waals surface area contributed by atoms with Crippen LogP contribution in [0.5, 0.6) is 0 Å². The van der Waals surface area contributed by atoms with Gasteiger partial charge in [-0.05, 0) is 42.5 Å². The number of amides is 1. The Morgan fingerprint density at radius 1 is 1.19 bits per heavy atom. The molecule has 2 atom stereocenters. The standard InChI is InChI=1S/C24H29N7O5S/c1-36-23(33)18(29-22(32)17(25)8-6-12-28-24(26)27)13-15-14-30(19-9-3-2-7-16(15)19)37-21-11-5-4-10-20(21)31(34)35/h2-5,7,9-11,14,17-18H,6,8,12-13,25H2,1H3,(H,29,32)(H4,26,27,28)/t17-,18-/m0/s1. The molecule has 12 nitrogen and oxygen atoms in total. The Kier molecular flexibility index (Phi) is 9.46. The molecular formula is C24H29N7O5S. The lowest BCUT2D eigenvalue weighted by molar-refractivity contribution is -0.387. The molecule has 13 heteroatoms. The molecular weight excluding hydrogens is 498 g/mol. The van der Waals surface area contributed by atoms with Crippen LogP contribution < -0.4 is 22.5 Å². The second-order valence-corrected chi connectivity index (χ2v) is 9.17. The minimum atomic E-state index is -0.989. The number of nitro groups is 1. The number of hydrogen-bond acceptors (Lipinski definition) is 8. The highest BCUT2D eigenvalue weighted by Crippen LogP contribution is 2.34. The van der Waals surface area contributed by atoms with Crippen LogP contribution in [-0.2, 0) is 20.7 Å². The molecule has 1 aromatic heterocycles. The number of aliphatic imine (C=N–C) groups is 1. The number of nitro benzene ring substituents is 1. The highest BCUT2D eigenvalue weighted by atomic mass is 32.2. The van der Waals surface area contributed by atoms with Gasteiger partial charge < -0.3 is 27.3 Å². The third-order valence-electron chi connectivity index (χ3n) is 5.55. The van der Waals surface area contributed by atoms with E-state index in [-0.39, 0.29) is 18.1 Å². The molecule has 37 heavy (non-hydrogen) atoms. The molecule has 0 unspecified atom stereocenters. The van der Waals surface area contributed by atoms with Gasteiger partial charge in [0, 0.05) is 30.6 Å². The van der Waals surface area contributed by atoms with Gasteiger partial charge in [0.1, 0.15) is 10.9 Å². The summed E-state index contributed by atoms with van der Waals surface area (Å²) in [6.07, 6.45) is 2.74. The Morgan fingerprint density at radius 2 is 1.89 bits per heavy atom. The smallest absolute Gasteiger partial charge is 0.328 e. The van der Waals surface area contributed by atoms with Gasteiger partial charge in [0.05, 0.1) is 23.6 Å². The van der Waals surface area contributed by atoms with Crippen LogP contribution >= 0.6 is 11.9 Å². The predicted octanol–water partition coefficient (Wildman–Crippen LogP) is 1.69. The van der Waals surface area contributed by atoms with Crippen molar-refractivity contribution in [1.82, 2.24) is 9.29 Å². The van der Waals surface area contributed by atoms with Crippen molar-refractivity contribution in [1.29, 1.82) is 0 Å². The molecule has 1 amide bonds. The maximum absolute atomic E-state index is 12.7. The molecule has 0 radical (unpaired) electrons. The molecule has 0 spiro atoms. The van der Waals surface area contributed by atoms with Gasteiger partial charge in [0.15, 0.2) is 5.96 Å². The van der Waals surface area contributed by atoms with Gasteiger partial charge in [-0.15, -0.1) is 0 Å². The molecule has 0 aliphatic rings. The van der Waals surface area contributed by atoms with E-state index < -0.39 is 28.9 Å². The first-order valence-electron chi connectivity index (χ1n) is 11.4. The summed E-state index contributed by atoms with van der Waals surface area (Å²) >= 11 is 1.19. The summed E-state index contributed by atoms with van der Waals surface area (Å²) < 4.78 is 6.72. The second-order valence-electron chi connectivity index (χ2n) is 8.16. The van der Waals surface area contributed by atoms with Crippen molar-refractivity contribution in [2.24, 2.45) is 22.2 Å². The van der Waals surface area contributed by atoms with E-state index in [1.54, 1.807) is 28.4 Å². The van der Waals surface area contributed by atoms with Gasteiger partial charge in [0.25, 0.3) is 5.69 Å². The van der Waals surface area contributed by atoms with Crippen molar-refractivity contribution in [3.05, 3.63) is 70.4 Å². The molecule has 7 N–H and O–H groups in total. The fourth-order valence-corrected chi connectivity index (χ4v) is 4.76. The zero-order valence-electron chi connectivity index (χ0n) is 20.2. The van der Waals surface area contributed by atoms with E-state index in [0.29, 0.717) is 24.3 Å². The van der Waals surface area contributed by atoms with Crippen LogP contribution in [0.2, 0.25) is 0 Å². The second kappa shape index (κ2) is 12.7. The number of nitrogens with two attached hydrogens (primary N) is 3. The summed E-state index contributed by atoms with van der Waals surface area (Å²) in [5, 5.41) is 15.0. The van der Waals surface area contributed by atoms with E-state index >= 15 is 0 Å². The number of carbonyl (C=O) groups is 2. The lowest BCUT2D eigenvalue weighted by Crippen LogP contribution is -2.49. The molecule has 2 aromatic carbocycles. The summed E-state index contributed by atoms with van der Waals surface area (Å²) in [6, 6.07) is 12.1. The van der Waals surface area contributed by atoms with Crippen LogP contribution in [0.4, 0.5) is 5.69 Å². The zero-order valence-corrected chi connectivity index (χ0v) is 21.0. The van der Waals surface area contributed by atoms with E-state index in [1.165, 1.54) is 25.1 Å². The molecule has 0 saturated heterocycles. The van der Waals surface area contributed by atoms with Crippen LogP contribution in [0.1, 0.15) is 18.4 Å². The molecule has 3 rings (SSSR count). The number of esters is 1. The maximum Gasteiger partial charge on any atom is 0.328 e. The third kappa shape index (κ3) is 7.21. The molecule has 0 saturated carbocycles. The topological polar surface area (TPSA) is 194 Å². The summed E-state index contributed by atoms with van der Waals surface area (Å²) in [5.74, 6) is -1.16. The Labute approximate surface area is 217 Å². The van der Waals surface area contributed by atoms with E-state index in [9.17, 15) is 19.7 Å². The first kappa shape index (κ1) is 27.5. The number of rotatable bonds is 12. The maximum atomic E-state index is 12.7. The number of guanidine groups is 1. The minimum Gasteiger partial charge on any atom is -0.467 e. The highest BCUT2D eigenvalue weighted by molar-refractivity contribution is 7.98. The third-order valence-corrected chi connectivity index (χ3v) is 6.59. The van der Waals surface area contributed by atoms with Crippen LogP contribution in [0.25, 0.3) is 10.9 Å². The van der Waals surface area contributed by atoms with E-state index in [4.69, 9.17) is 21.9 Å². The number of fused-ring (bicyclic) bond motifs is 1. The zero-order chi connectivity index (χ0) is 26.9. The van der Waals surface area contributed by atoms with Crippen molar-refractivity contribution >= 4 is 46.4 Å². The number of aromatic nitrogens is 1. The Balaban J connectivity index is 1.82. The average molecular weight is 528 g/mol. The number of nitrogens with zero attached hydrogens (tertiary/aromatic N) is 3. The highest BCUT2D eigenvalue weighted by Gasteiger charge is 2.26. The molecule has 0 aliphatic heterocycles. The van der Waals surface area contributed by atoms with Crippen molar-refractivity contribution in [2.45, 2.75) is 36.2 Å². The fraction of sp³-hybridized carbons (Fsp3) is 0.292. The summed E-state index contributed by atoms with van der Waals surface area (Å²) in [5.41, 5.74) is 18.1. The average Bonchev–Trinajstić information content (AvgIpc) is 3.22. The van der Waals surface area contributed by atoms with E-state index in [2.05, 4.69) is 10.3 Å². The molecule has 1 heterocycles. The van der Waals surface area contributed by atoms with Gasteiger partial charge in [-0.1, -0.05) is 30.3 Å². The van der Waals surface area contributed by atoms with E-state index in [1.807, 2.05) is 24.3 Å². The Bertz CT molecular complexity index is 1310. The SMILES string of the molecule is COC(=O)[C@H](Cc1cn(Sc2ccccc2[N+](=O)[O-])c2ccccc12)NC(=O)[C@@H](N)CCCN=C(N)N. The summed E-state index contributed by atoms with van der Waals surface area (Å²) in [6.45, 7) is 0.334. The van der Waals surface area contributed by atoms with Crippen LogP contribution in [-0.4, -0.2) is 52.5 Å². The number of para-hydroxylation sites is 2. The first-order valence-corrected chi connectivity index (χ1v) is 12.2.